The maximum absolute atomic E-state index is 12.5. The minimum atomic E-state index is -1.30. The molecule has 0 radical (unpaired) electrons. The maximum Gasteiger partial charge on any atom is 0.326 e. The quantitative estimate of drug-likeness (QED) is 0.294. The van der Waals surface area contributed by atoms with E-state index in [2.05, 4.69) is 31.2 Å². The highest BCUT2D eigenvalue weighted by Crippen LogP contribution is 2.24. The number of fused-ring (bicyclic) bond motifs is 2. The van der Waals surface area contributed by atoms with Gasteiger partial charge in [-0.25, -0.2) is 4.79 Å². The summed E-state index contributed by atoms with van der Waals surface area (Å²) in [7, 11) is 0. The summed E-state index contributed by atoms with van der Waals surface area (Å²) in [4.78, 5) is 55.8. The van der Waals surface area contributed by atoms with E-state index >= 15 is 0 Å². The van der Waals surface area contributed by atoms with Gasteiger partial charge in [-0.05, 0) is 30.7 Å². The average Bonchev–Trinajstić information content (AvgIpc) is 2.80. The first-order valence-electron chi connectivity index (χ1n) is 10.3. The third-order valence-corrected chi connectivity index (χ3v) is 5.41. The maximum atomic E-state index is 12.5. The zero-order valence-electron chi connectivity index (χ0n) is 17.4. The number of aliphatic carboxylic acids is 2. The number of carbonyl (C=O) groups excluding carboxylic acids is 1. The van der Waals surface area contributed by atoms with Crippen molar-refractivity contribution in [3.05, 3.63) is 40.2 Å². The van der Waals surface area contributed by atoms with Gasteiger partial charge in [-0.15, -0.1) is 0 Å². The number of nitrogens with one attached hydrogen (secondary N) is 5. The van der Waals surface area contributed by atoms with Gasteiger partial charge in [-0.1, -0.05) is 0 Å². The Morgan fingerprint density at radius 1 is 1.18 bits per heavy atom. The predicted molar refractivity (Wildman–Crippen MR) is 119 cm³/mol. The number of carboxylic acid groups (broad SMARTS) is 2. The molecule has 6 rings (SSSR count). The van der Waals surface area contributed by atoms with Crippen molar-refractivity contribution in [1.82, 2.24) is 15.3 Å². The Kier molecular flexibility index (Phi) is 6.02. The molecular weight excluding hydrogens is 434 g/mol. The fourth-order valence-corrected chi connectivity index (χ4v) is 3.69. The van der Waals surface area contributed by atoms with Gasteiger partial charge in [0.2, 0.25) is 5.95 Å². The molecule has 33 heavy (non-hydrogen) atoms. The first-order valence-corrected chi connectivity index (χ1v) is 10.3. The molecule has 13 heteroatoms. The van der Waals surface area contributed by atoms with E-state index in [0.717, 1.165) is 5.69 Å². The molecule has 13 nitrogen and oxygen atoms in total. The minimum absolute atomic E-state index is 0.0697. The molecule has 4 bridgehead atoms. The highest BCUT2D eigenvalue weighted by atomic mass is 16.4. The van der Waals surface area contributed by atoms with Crippen molar-refractivity contribution in [2.45, 2.75) is 24.9 Å². The molecule has 0 saturated carbocycles. The van der Waals surface area contributed by atoms with Crippen molar-refractivity contribution in [1.29, 1.82) is 0 Å². The number of benzene rings is 1. The summed E-state index contributed by atoms with van der Waals surface area (Å²) in [6.45, 7) is 1.48. The van der Waals surface area contributed by atoms with Gasteiger partial charge in [-0.2, -0.15) is 4.98 Å². The molecule has 7 N–H and O–H groups in total. The van der Waals surface area contributed by atoms with Crippen LogP contribution in [0.5, 0.6) is 0 Å². The molecule has 2 aromatic rings. The Bertz CT molecular complexity index is 1130. The summed E-state index contributed by atoms with van der Waals surface area (Å²) in [6, 6.07) is 5.23. The summed E-state index contributed by atoms with van der Waals surface area (Å²) in [5, 5.41) is 29.8. The number of amides is 1. The van der Waals surface area contributed by atoms with E-state index in [1.807, 2.05) is 4.90 Å². The van der Waals surface area contributed by atoms with Gasteiger partial charge >= 0.3 is 11.9 Å². The lowest BCUT2D eigenvalue weighted by molar-refractivity contribution is -0.140. The molecule has 1 aromatic carbocycles. The standard InChI is InChI=1S/C20H23N7O6/c28-14(29)6-5-13(19(32)33)24-17(30)10-1-3-12(4-2-10)27-8-11-7-21-16-15(23-11)18(31)26-20(25-16)22-9-27/h1-4,11,13,23H,5-9H2,(H,24,30)(H,28,29)(H,32,33)(H3,21,22,25,26,31)/t11?,13-/m0/s1. The number of aromatic nitrogens is 2. The number of aromatic amines is 1. The molecular formula is C20H23N7O6. The Balaban J connectivity index is 1.46. The zero-order valence-corrected chi connectivity index (χ0v) is 17.4. The molecule has 4 aliphatic heterocycles. The van der Waals surface area contributed by atoms with Crippen LogP contribution >= 0.6 is 0 Å². The van der Waals surface area contributed by atoms with E-state index in [4.69, 9.17) is 5.11 Å². The lowest BCUT2D eigenvalue weighted by Gasteiger charge is -2.35. The molecule has 0 aliphatic carbocycles. The summed E-state index contributed by atoms with van der Waals surface area (Å²) in [5.41, 5.74) is 1.18. The van der Waals surface area contributed by atoms with Crippen LogP contribution in [0, 0.1) is 0 Å². The van der Waals surface area contributed by atoms with Crippen molar-refractivity contribution in [2.75, 3.05) is 40.6 Å². The van der Waals surface area contributed by atoms with Crippen molar-refractivity contribution in [3.63, 3.8) is 0 Å². The van der Waals surface area contributed by atoms with Crippen LogP contribution in [0.4, 0.5) is 23.1 Å². The number of nitrogens with zero attached hydrogens (tertiary/aromatic N) is 2. The summed E-state index contributed by atoms with van der Waals surface area (Å²) in [6.07, 6.45) is -0.582. The zero-order chi connectivity index (χ0) is 23.5. The lowest BCUT2D eigenvalue weighted by Crippen LogP contribution is -2.48. The van der Waals surface area contributed by atoms with Gasteiger partial charge in [0.15, 0.2) is 5.82 Å². The van der Waals surface area contributed by atoms with Gasteiger partial charge < -0.3 is 36.4 Å². The second-order valence-corrected chi connectivity index (χ2v) is 7.76. The van der Waals surface area contributed by atoms with Crippen molar-refractivity contribution >= 4 is 41.0 Å². The Morgan fingerprint density at radius 3 is 2.64 bits per heavy atom. The van der Waals surface area contributed by atoms with Crippen LogP contribution in [-0.2, 0) is 9.59 Å². The van der Waals surface area contributed by atoms with Crippen molar-refractivity contribution < 1.29 is 24.6 Å². The second kappa shape index (κ2) is 9.06. The highest BCUT2D eigenvalue weighted by molar-refractivity contribution is 5.97. The van der Waals surface area contributed by atoms with Crippen molar-refractivity contribution in [2.24, 2.45) is 0 Å². The third-order valence-electron chi connectivity index (χ3n) is 5.41. The largest absolute Gasteiger partial charge is 0.481 e. The van der Waals surface area contributed by atoms with E-state index < -0.39 is 23.9 Å². The topological polar surface area (TPSA) is 189 Å². The second-order valence-electron chi connectivity index (χ2n) is 7.76. The molecule has 1 aromatic heterocycles. The molecule has 5 heterocycles. The monoisotopic (exact) mass is 457 g/mol. The number of hydrogen-bond donors (Lipinski definition) is 7. The van der Waals surface area contributed by atoms with Crippen LogP contribution in [0.3, 0.4) is 0 Å². The number of carbonyl (C=O) groups is 3. The van der Waals surface area contributed by atoms with Crippen LogP contribution in [0.15, 0.2) is 29.1 Å². The number of anilines is 4. The molecule has 0 spiro atoms. The van der Waals surface area contributed by atoms with Gasteiger partial charge in [-0.3, -0.25) is 19.4 Å². The summed E-state index contributed by atoms with van der Waals surface area (Å²) >= 11 is 0. The minimum Gasteiger partial charge on any atom is -0.481 e. The Morgan fingerprint density at radius 2 is 1.94 bits per heavy atom. The smallest absolute Gasteiger partial charge is 0.326 e. The average molecular weight is 457 g/mol. The fourth-order valence-electron chi connectivity index (χ4n) is 3.69. The van der Waals surface area contributed by atoms with E-state index in [-0.39, 0.29) is 30.0 Å². The van der Waals surface area contributed by atoms with Gasteiger partial charge in [0, 0.05) is 30.8 Å². The van der Waals surface area contributed by atoms with E-state index in [1.54, 1.807) is 24.3 Å². The number of H-pyrrole nitrogens is 1. The third kappa shape index (κ3) is 4.97. The van der Waals surface area contributed by atoms with E-state index in [1.165, 1.54) is 0 Å². The Hall–Kier alpha value is -4.29. The molecule has 4 aliphatic rings. The van der Waals surface area contributed by atoms with Crippen LogP contribution in [-0.4, -0.2) is 69.9 Å². The number of hydrogen-bond acceptors (Lipinski definition) is 9. The predicted octanol–water partition coefficient (Wildman–Crippen LogP) is -0.0867. The highest BCUT2D eigenvalue weighted by Gasteiger charge is 2.26. The summed E-state index contributed by atoms with van der Waals surface area (Å²) in [5.74, 6) is -2.21. The van der Waals surface area contributed by atoms with Crippen LogP contribution in [0.2, 0.25) is 0 Å². The first-order chi connectivity index (χ1) is 15.8. The van der Waals surface area contributed by atoms with E-state index in [0.29, 0.717) is 37.2 Å². The van der Waals surface area contributed by atoms with Crippen LogP contribution < -0.4 is 31.7 Å². The SMILES string of the molecule is O=C(O)CC[C@H](NC(=O)c1ccc(N2CNc3nc4c(c(=O)[nH]3)NC(CN4)C2)cc1)C(=O)O. The lowest BCUT2D eigenvalue weighted by atomic mass is 10.1. The molecule has 0 fully saturated rings. The molecule has 1 amide bonds. The normalized spacial score (nSPS) is 17.3. The van der Waals surface area contributed by atoms with E-state index in [9.17, 15) is 24.3 Å². The number of carboxylic acids is 2. The van der Waals surface area contributed by atoms with Crippen molar-refractivity contribution in [3.8, 4) is 0 Å². The molecule has 2 atom stereocenters. The van der Waals surface area contributed by atoms with Crippen LogP contribution in [0.1, 0.15) is 23.2 Å². The fraction of sp³-hybridized carbons (Fsp3) is 0.350. The first kappa shape index (κ1) is 21.9. The van der Waals surface area contributed by atoms with Gasteiger partial charge in [0.05, 0.1) is 12.7 Å². The van der Waals surface area contributed by atoms with Gasteiger partial charge in [0.25, 0.3) is 11.5 Å². The molecule has 0 saturated heterocycles. The van der Waals surface area contributed by atoms with Crippen LogP contribution in [0.25, 0.3) is 0 Å². The van der Waals surface area contributed by atoms with Gasteiger partial charge in [0.1, 0.15) is 11.7 Å². The summed E-state index contributed by atoms with van der Waals surface area (Å²) < 4.78 is 0. The Labute approximate surface area is 187 Å². The molecule has 1 unspecified atom stereocenters. The molecule has 174 valence electrons. The number of rotatable bonds is 7.